The Morgan fingerprint density at radius 3 is 1.85 bits per heavy atom. The first-order valence-electron chi connectivity index (χ1n) is 18.1. The maximum absolute atomic E-state index is 7.32. The van der Waals surface area contributed by atoms with Gasteiger partial charge in [-0.15, -0.1) is 0 Å². The molecule has 5 nitrogen and oxygen atoms in total. The van der Waals surface area contributed by atoms with E-state index in [-0.39, 0.29) is 5.41 Å². The highest BCUT2D eigenvalue weighted by Gasteiger charge is 2.35. The van der Waals surface area contributed by atoms with Gasteiger partial charge in [-0.05, 0) is 62.7 Å². The number of aromatic nitrogens is 3. The highest BCUT2D eigenvalue weighted by Crippen LogP contribution is 2.49. The minimum absolute atomic E-state index is 0.168. The van der Waals surface area contributed by atoms with Crippen LogP contribution in [0.3, 0.4) is 0 Å². The van der Waals surface area contributed by atoms with E-state index in [1.807, 2.05) is 72.8 Å². The Hall–Kier alpha value is -7.16. The molecule has 9 aromatic rings. The molecule has 2 heterocycles. The molecule has 1 aliphatic carbocycles. The maximum Gasteiger partial charge on any atom is 0.187 e. The molecule has 254 valence electrons. The summed E-state index contributed by atoms with van der Waals surface area (Å²) < 4.78 is 6.71. The van der Waals surface area contributed by atoms with E-state index in [4.69, 9.17) is 25.9 Å². The number of para-hydroxylation sites is 1. The second kappa shape index (κ2) is 12.2. The van der Waals surface area contributed by atoms with Crippen molar-refractivity contribution in [3.8, 4) is 67.5 Å². The fourth-order valence-corrected chi connectivity index (χ4v) is 8.00. The lowest BCUT2D eigenvalue weighted by Gasteiger charge is -2.21. The van der Waals surface area contributed by atoms with Crippen LogP contribution < -0.4 is 0 Å². The summed E-state index contributed by atoms with van der Waals surface area (Å²) >= 11 is 0. The van der Waals surface area contributed by atoms with Crippen LogP contribution in [-0.2, 0) is 5.41 Å². The molecule has 0 saturated carbocycles. The molecule has 10 rings (SSSR count). The molecule has 0 radical (unpaired) electrons. The van der Waals surface area contributed by atoms with Crippen molar-refractivity contribution in [2.75, 3.05) is 0 Å². The first-order valence-corrected chi connectivity index (χ1v) is 18.1. The van der Waals surface area contributed by atoms with Gasteiger partial charge in [0.15, 0.2) is 23.2 Å². The van der Waals surface area contributed by atoms with Crippen molar-refractivity contribution in [3.63, 3.8) is 0 Å². The molecule has 54 heavy (non-hydrogen) atoms. The van der Waals surface area contributed by atoms with Gasteiger partial charge in [-0.3, -0.25) is 0 Å². The third kappa shape index (κ3) is 5.03. The lowest BCUT2D eigenvalue weighted by atomic mass is 9.82. The van der Waals surface area contributed by atoms with Crippen molar-refractivity contribution in [2.45, 2.75) is 19.3 Å². The lowest BCUT2D eigenvalue weighted by molar-refractivity contribution is 0.660. The Morgan fingerprint density at radius 1 is 0.481 bits per heavy atom. The van der Waals surface area contributed by atoms with Crippen LogP contribution in [0.1, 0.15) is 25.0 Å². The van der Waals surface area contributed by atoms with Gasteiger partial charge in [0, 0.05) is 27.3 Å². The summed E-state index contributed by atoms with van der Waals surface area (Å²) in [5.41, 5.74) is 13.8. The molecule has 7 aromatic carbocycles. The number of nitrogens with zero attached hydrogens (tertiary/aromatic N) is 4. The molecule has 0 bridgehead atoms. The van der Waals surface area contributed by atoms with E-state index in [2.05, 4.69) is 104 Å². The number of benzene rings is 7. The van der Waals surface area contributed by atoms with Crippen LogP contribution in [0.2, 0.25) is 0 Å². The van der Waals surface area contributed by atoms with Crippen molar-refractivity contribution < 1.29 is 4.42 Å². The van der Waals surface area contributed by atoms with Gasteiger partial charge < -0.3 is 4.42 Å². The molecule has 0 unspecified atom stereocenters. The summed E-state index contributed by atoms with van der Waals surface area (Å²) in [4.78, 5) is 19.2. The van der Waals surface area contributed by atoms with E-state index >= 15 is 0 Å². The van der Waals surface area contributed by atoms with Crippen LogP contribution in [0.15, 0.2) is 162 Å². The zero-order valence-electron chi connectivity index (χ0n) is 29.7. The van der Waals surface area contributed by atoms with E-state index in [9.17, 15) is 0 Å². The molecule has 0 spiro atoms. The minimum Gasteiger partial charge on any atom is -0.455 e. The van der Waals surface area contributed by atoms with Crippen molar-refractivity contribution in [3.05, 3.63) is 180 Å². The van der Waals surface area contributed by atoms with Crippen LogP contribution in [0.25, 0.3) is 94.3 Å². The number of fused-ring (bicyclic) bond motifs is 6. The summed E-state index contributed by atoms with van der Waals surface area (Å²) in [6, 6.07) is 54.0. The monoisotopic (exact) mass is 692 g/mol. The lowest BCUT2D eigenvalue weighted by Crippen LogP contribution is -2.15. The van der Waals surface area contributed by atoms with Gasteiger partial charge >= 0.3 is 0 Å². The van der Waals surface area contributed by atoms with E-state index in [0.717, 1.165) is 60.9 Å². The molecule has 5 heteroatoms. The van der Waals surface area contributed by atoms with Gasteiger partial charge in [-0.25, -0.2) is 19.8 Å². The predicted octanol–water partition coefficient (Wildman–Crippen LogP) is 13.0. The van der Waals surface area contributed by atoms with E-state index in [1.54, 1.807) is 0 Å². The molecule has 0 fully saturated rings. The standard InChI is InChI=1S/C49H32N4O/c1-49(2)41-15-9-7-13-37(41)38-26-23-34(29-42(38)49)47-51-46(33-11-5-4-6-12-33)52-48(53-47)44-36(27-28-40-39-14-8-10-16-43(39)54-45(40)44)32-19-17-30(18-20-32)31-21-24-35(50-3)25-22-31/h4-29H,1-2H3. The second-order valence-corrected chi connectivity index (χ2v) is 14.3. The Morgan fingerprint density at radius 2 is 1.07 bits per heavy atom. The Kier molecular flexibility index (Phi) is 7.14. The summed E-state index contributed by atoms with van der Waals surface area (Å²) in [6.45, 7) is 11.9. The number of furan rings is 1. The summed E-state index contributed by atoms with van der Waals surface area (Å²) in [5.74, 6) is 1.74. The topological polar surface area (TPSA) is 56.2 Å². The number of rotatable bonds is 5. The Bertz CT molecular complexity index is 2950. The van der Waals surface area contributed by atoms with E-state index in [1.165, 1.54) is 22.3 Å². The zero-order chi connectivity index (χ0) is 36.4. The maximum atomic E-state index is 7.32. The first-order chi connectivity index (χ1) is 26.5. The van der Waals surface area contributed by atoms with Crippen LogP contribution >= 0.6 is 0 Å². The van der Waals surface area contributed by atoms with Gasteiger partial charge in [0.25, 0.3) is 0 Å². The van der Waals surface area contributed by atoms with Gasteiger partial charge in [-0.1, -0.05) is 153 Å². The van der Waals surface area contributed by atoms with Gasteiger partial charge in [-0.2, -0.15) is 0 Å². The highest BCUT2D eigenvalue weighted by molar-refractivity contribution is 6.12. The average Bonchev–Trinajstić information content (AvgIpc) is 3.72. The van der Waals surface area contributed by atoms with Gasteiger partial charge in [0.2, 0.25) is 0 Å². The van der Waals surface area contributed by atoms with E-state index < -0.39 is 0 Å². The average molecular weight is 693 g/mol. The first kappa shape index (κ1) is 31.6. The molecule has 0 amide bonds. The van der Waals surface area contributed by atoms with Gasteiger partial charge in [0.1, 0.15) is 11.2 Å². The molecule has 0 N–H and O–H groups in total. The SMILES string of the molecule is [C-]#[N+]c1ccc(-c2ccc(-c3ccc4c(oc5ccccc54)c3-c3nc(-c4ccccc4)nc(-c4ccc5c(c4)C(C)(C)c4ccccc4-5)n3)cc2)cc1. The van der Waals surface area contributed by atoms with Crippen LogP contribution in [0, 0.1) is 6.57 Å². The quantitative estimate of drug-likeness (QED) is 0.169. The third-order valence-electron chi connectivity index (χ3n) is 10.8. The molecule has 1 aliphatic rings. The van der Waals surface area contributed by atoms with Crippen LogP contribution in [0.4, 0.5) is 5.69 Å². The Balaban J connectivity index is 1.20. The molecular formula is C49H32N4O. The van der Waals surface area contributed by atoms with Crippen molar-refractivity contribution in [1.29, 1.82) is 0 Å². The Labute approximate surface area is 313 Å². The molecule has 2 aromatic heterocycles. The summed E-state index contributed by atoms with van der Waals surface area (Å²) in [7, 11) is 0. The summed E-state index contributed by atoms with van der Waals surface area (Å²) in [6.07, 6.45) is 0. The second-order valence-electron chi connectivity index (χ2n) is 14.3. The molecule has 0 saturated heterocycles. The molecule has 0 atom stereocenters. The molecular weight excluding hydrogens is 661 g/mol. The number of hydrogen-bond donors (Lipinski definition) is 0. The smallest absolute Gasteiger partial charge is 0.187 e. The van der Waals surface area contributed by atoms with Gasteiger partial charge in [0.05, 0.1) is 12.1 Å². The fraction of sp³-hybridized carbons (Fsp3) is 0.0612. The normalized spacial score (nSPS) is 12.8. The van der Waals surface area contributed by atoms with Crippen molar-refractivity contribution >= 4 is 27.6 Å². The minimum atomic E-state index is -0.168. The van der Waals surface area contributed by atoms with Crippen LogP contribution in [0.5, 0.6) is 0 Å². The fourth-order valence-electron chi connectivity index (χ4n) is 8.00. The van der Waals surface area contributed by atoms with Crippen LogP contribution in [-0.4, -0.2) is 15.0 Å². The van der Waals surface area contributed by atoms with Crippen molar-refractivity contribution in [2.24, 2.45) is 0 Å². The number of hydrogen-bond acceptors (Lipinski definition) is 4. The zero-order valence-corrected chi connectivity index (χ0v) is 29.7. The molecule has 0 aliphatic heterocycles. The predicted molar refractivity (Wildman–Crippen MR) is 218 cm³/mol. The largest absolute Gasteiger partial charge is 0.455 e. The highest BCUT2D eigenvalue weighted by atomic mass is 16.3. The van der Waals surface area contributed by atoms with Crippen molar-refractivity contribution in [1.82, 2.24) is 15.0 Å². The summed E-state index contributed by atoms with van der Waals surface area (Å²) in [5, 5.41) is 2.04. The van der Waals surface area contributed by atoms with E-state index in [0.29, 0.717) is 23.2 Å². The third-order valence-corrected chi connectivity index (χ3v) is 10.8.